The third kappa shape index (κ3) is 23.8. The van der Waals surface area contributed by atoms with Crippen molar-refractivity contribution < 1.29 is 9.53 Å². The molecular weight excluding hydrogens is 468 g/mol. The molecule has 10 nitrogen and oxygen atoms in total. The van der Waals surface area contributed by atoms with Crippen molar-refractivity contribution >= 4 is 6.09 Å². The molecule has 0 aromatic heterocycles. The van der Waals surface area contributed by atoms with Gasteiger partial charge in [-0.3, -0.25) is 0 Å². The van der Waals surface area contributed by atoms with Crippen molar-refractivity contribution in [2.24, 2.45) is 22.9 Å². The number of rotatable bonds is 25. The quantitative estimate of drug-likeness (QED) is 0.110. The predicted octanol–water partition coefficient (Wildman–Crippen LogP) is 1.37. The van der Waals surface area contributed by atoms with E-state index in [-0.39, 0.29) is 6.09 Å². The van der Waals surface area contributed by atoms with Gasteiger partial charge < -0.3 is 47.7 Å². The first-order valence-electron chi connectivity index (χ1n) is 14.7. The molecule has 10 heteroatoms. The van der Waals surface area contributed by atoms with E-state index in [1.165, 1.54) is 0 Å². The van der Waals surface area contributed by atoms with Crippen molar-refractivity contribution in [3.8, 4) is 0 Å². The molecule has 0 saturated heterocycles. The van der Waals surface area contributed by atoms with Crippen molar-refractivity contribution in [2.45, 2.75) is 77.7 Å². The molecule has 0 bridgehead atoms. The normalized spacial score (nSPS) is 12.2. The Balaban J connectivity index is 4.64. The van der Waals surface area contributed by atoms with Crippen LogP contribution in [0.25, 0.3) is 0 Å². The average molecular weight is 531 g/mol. The Morgan fingerprint density at radius 3 is 1.30 bits per heavy atom. The molecule has 0 aromatic rings. The molecule has 37 heavy (non-hydrogen) atoms. The van der Waals surface area contributed by atoms with E-state index in [0.29, 0.717) is 6.54 Å². The average Bonchev–Trinajstić information content (AvgIpc) is 2.85. The van der Waals surface area contributed by atoms with E-state index in [9.17, 15) is 4.79 Å². The molecule has 9 N–H and O–H groups in total. The van der Waals surface area contributed by atoms with Crippen LogP contribution in [0.4, 0.5) is 4.79 Å². The number of amides is 1. The van der Waals surface area contributed by atoms with Crippen molar-refractivity contribution in [3.05, 3.63) is 0 Å². The molecule has 0 aliphatic heterocycles. The van der Waals surface area contributed by atoms with Crippen molar-refractivity contribution in [1.29, 1.82) is 0 Å². The van der Waals surface area contributed by atoms with Crippen molar-refractivity contribution in [3.63, 3.8) is 0 Å². The number of ether oxygens (including phenoxy) is 1. The molecule has 0 heterocycles. The van der Waals surface area contributed by atoms with Crippen LogP contribution in [0.2, 0.25) is 0 Å². The lowest BCUT2D eigenvalue weighted by molar-refractivity contribution is 0.0527. The van der Waals surface area contributed by atoms with Gasteiger partial charge in [-0.2, -0.15) is 0 Å². The first-order chi connectivity index (χ1) is 17.8. The molecule has 0 fully saturated rings. The number of hydrogen-bond donors (Lipinski definition) is 5. The van der Waals surface area contributed by atoms with E-state index in [0.717, 1.165) is 136 Å². The molecule has 222 valence electrons. The summed E-state index contributed by atoms with van der Waals surface area (Å²) in [5, 5.41) is 2.85. The summed E-state index contributed by atoms with van der Waals surface area (Å²) in [6, 6.07) is 0. The first kappa shape index (κ1) is 36.0. The van der Waals surface area contributed by atoms with Gasteiger partial charge in [-0.05, 0) is 118 Å². The van der Waals surface area contributed by atoms with Crippen LogP contribution < -0.4 is 28.3 Å². The van der Waals surface area contributed by atoms with E-state index >= 15 is 0 Å². The number of hydrogen-bond acceptors (Lipinski definition) is 9. The molecule has 0 aliphatic carbocycles. The number of nitrogens with zero attached hydrogens (tertiary/aromatic N) is 3. The third-order valence-electron chi connectivity index (χ3n) is 6.25. The molecule has 0 aliphatic rings. The van der Waals surface area contributed by atoms with E-state index < -0.39 is 5.60 Å². The number of carbonyl (C=O) groups excluding carboxylic acids is 1. The molecule has 0 radical (unpaired) electrons. The number of alkyl carbamates (subject to hydrolysis) is 1. The van der Waals surface area contributed by atoms with Gasteiger partial charge >= 0.3 is 6.09 Å². The van der Waals surface area contributed by atoms with E-state index in [1.54, 1.807) is 0 Å². The smallest absolute Gasteiger partial charge is 0.407 e. The number of carbonyl (C=O) groups is 1. The Morgan fingerprint density at radius 2 is 0.919 bits per heavy atom. The summed E-state index contributed by atoms with van der Waals surface area (Å²) in [5.41, 5.74) is 22.6. The minimum Gasteiger partial charge on any atom is -0.444 e. The summed E-state index contributed by atoms with van der Waals surface area (Å²) in [5.74, 6) is 0. The van der Waals surface area contributed by atoms with Crippen LogP contribution in [0.3, 0.4) is 0 Å². The second-order valence-corrected chi connectivity index (χ2v) is 10.9. The van der Waals surface area contributed by atoms with Crippen LogP contribution in [0.15, 0.2) is 0 Å². The zero-order valence-electron chi connectivity index (χ0n) is 24.5. The third-order valence-corrected chi connectivity index (χ3v) is 6.25. The van der Waals surface area contributed by atoms with Gasteiger partial charge in [0.15, 0.2) is 0 Å². The molecule has 1 amide bonds. The molecule has 0 saturated carbocycles. The SMILES string of the molecule is CC(C)(C)OC(=O)NCCCCCCN(CCN(CCCN)CCCN)CCN(CCCN)CCCN. The van der Waals surface area contributed by atoms with Crippen molar-refractivity contribution in [2.75, 3.05) is 91.6 Å². The second kappa shape index (κ2) is 24.1. The lowest BCUT2D eigenvalue weighted by Crippen LogP contribution is -2.42. The first-order valence-corrected chi connectivity index (χ1v) is 14.7. The van der Waals surface area contributed by atoms with Gasteiger partial charge in [0, 0.05) is 32.7 Å². The van der Waals surface area contributed by atoms with E-state index in [4.69, 9.17) is 27.7 Å². The van der Waals surface area contributed by atoms with Gasteiger partial charge in [-0.25, -0.2) is 4.79 Å². The maximum Gasteiger partial charge on any atom is 0.407 e. The molecule has 0 atom stereocenters. The van der Waals surface area contributed by atoms with Crippen LogP contribution in [-0.4, -0.2) is 118 Å². The van der Waals surface area contributed by atoms with Crippen LogP contribution in [-0.2, 0) is 4.74 Å². The minimum atomic E-state index is -0.456. The highest BCUT2D eigenvalue weighted by Crippen LogP contribution is 2.07. The second-order valence-electron chi connectivity index (χ2n) is 10.9. The lowest BCUT2D eigenvalue weighted by Gasteiger charge is -2.30. The highest BCUT2D eigenvalue weighted by atomic mass is 16.6. The maximum absolute atomic E-state index is 11.8. The monoisotopic (exact) mass is 530 g/mol. The molecule has 0 spiro atoms. The van der Waals surface area contributed by atoms with Crippen LogP contribution >= 0.6 is 0 Å². The topological polar surface area (TPSA) is 152 Å². The van der Waals surface area contributed by atoms with Crippen LogP contribution in [0.5, 0.6) is 0 Å². The van der Waals surface area contributed by atoms with Gasteiger partial charge in [0.05, 0.1) is 0 Å². The lowest BCUT2D eigenvalue weighted by atomic mass is 10.2. The summed E-state index contributed by atoms with van der Waals surface area (Å²) < 4.78 is 5.29. The Bertz CT molecular complexity index is 479. The molecule has 0 rings (SSSR count). The van der Waals surface area contributed by atoms with Gasteiger partial charge in [0.25, 0.3) is 0 Å². The standard InChI is InChI=1S/C27H62N8O2/c1-27(2,3)37-26(36)32-16-6-4-5-7-17-35(24-22-33(18-8-12-28)19-9-13-29)25-23-34(20-10-14-30)21-11-15-31/h4-25,28-31H2,1-3H3,(H,32,36). The largest absolute Gasteiger partial charge is 0.444 e. The maximum atomic E-state index is 11.8. The fourth-order valence-electron chi connectivity index (χ4n) is 4.15. The zero-order valence-corrected chi connectivity index (χ0v) is 24.5. The predicted molar refractivity (Wildman–Crippen MR) is 157 cm³/mol. The highest BCUT2D eigenvalue weighted by molar-refractivity contribution is 5.67. The summed E-state index contributed by atoms with van der Waals surface area (Å²) >= 11 is 0. The zero-order chi connectivity index (χ0) is 27.8. The van der Waals surface area contributed by atoms with Crippen LogP contribution in [0.1, 0.15) is 72.1 Å². The number of nitrogens with one attached hydrogen (secondary N) is 1. The Kier molecular flexibility index (Phi) is 23.4. The minimum absolute atomic E-state index is 0.332. The summed E-state index contributed by atoms with van der Waals surface area (Å²) in [6.07, 6.45) is 8.13. The fraction of sp³-hybridized carbons (Fsp3) is 0.963. The molecule has 0 aromatic carbocycles. The van der Waals surface area contributed by atoms with Gasteiger partial charge in [-0.15, -0.1) is 0 Å². The molecule has 0 unspecified atom stereocenters. The summed E-state index contributed by atoms with van der Waals surface area (Å²) in [7, 11) is 0. The Labute approximate surface area is 228 Å². The Hall–Kier alpha value is -1.01. The number of unbranched alkanes of at least 4 members (excludes halogenated alkanes) is 3. The fourth-order valence-corrected chi connectivity index (χ4v) is 4.15. The molecular formula is C27H62N8O2. The van der Waals surface area contributed by atoms with Gasteiger partial charge in [0.2, 0.25) is 0 Å². The highest BCUT2D eigenvalue weighted by Gasteiger charge is 2.15. The van der Waals surface area contributed by atoms with Crippen LogP contribution in [0, 0.1) is 0 Å². The summed E-state index contributed by atoms with van der Waals surface area (Å²) in [6.45, 7) is 18.6. The Morgan fingerprint density at radius 1 is 0.568 bits per heavy atom. The van der Waals surface area contributed by atoms with E-state index in [1.807, 2.05) is 20.8 Å². The van der Waals surface area contributed by atoms with Gasteiger partial charge in [-0.1, -0.05) is 12.8 Å². The van der Waals surface area contributed by atoms with E-state index in [2.05, 4.69) is 20.0 Å². The van der Waals surface area contributed by atoms with Gasteiger partial charge in [0.1, 0.15) is 5.60 Å². The van der Waals surface area contributed by atoms with Crippen molar-refractivity contribution in [1.82, 2.24) is 20.0 Å². The number of nitrogens with two attached hydrogens (primary N) is 4. The summed E-state index contributed by atoms with van der Waals surface area (Å²) in [4.78, 5) is 19.4.